The third-order valence-corrected chi connectivity index (χ3v) is 5.36. The lowest BCUT2D eigenvalue weighted by Gasteiger charge is -2.16. The first-order valence-corrected chi connectivity index (χ1v) is 9.08. The fourth-order valence-corrected chi connectivity index (χ4v) is 4.14. The number of rotatable bonds is 6. The van der Waals surface area contributed by atoms with Gasteiger partial charge in [0.1, 0.15) is 0 Å². The van der Waals surface area contributed by atoms with Crippen LogP contribution in [0.1, 0.15) is 18.1 Å². The maximum atomic E-state index is 12.1. The molecule has 1 aromatic rings. The number of ether oxygens (including phenoxy) is 1. The molecule has 2 N–H and O–H groups in total. The van der Waals surface area contributed by atoms with Gasteiger partial charge >= 0.3 is 0 Å². The summed E-state index contributed by atoms with van der Waals surface area (Å²) >= 11 is 0. The molecule has 23 heavy (non-hydrogen) atoms. The molecule has 1 aromatic carbocycles. The van der Waals surface area contributed by atoms with Crippen LogP contribution in [0.5, 0.6) is 0 Å². The van der Waals surface area contributed by atoms with Gasteiger partial charge in [-0.2, -0.15) is 0 Å². The van der Waals surface area contributed by atoms with Crippen molar-refractivity contribution in [2.45, 2.75) is 18.6 Å². The zero-order valence-corrected chi connectivity index (χ0v) is 13.6. The van der Waals surface area contributed by atoms with Crippen LogP contribution in [0, 0.1) is 0 Å². The van der Waals surface area contributed by atoms with Gasteiger partial charge in [0.05, 0.1) is 18.1 Å². The second kappa shape index (κ2) is 7.56. The molecule has 1 aliphatic rings. The maximum absolute atomic E-state index is 12.1. The maximum Gasteiger partial charge on any atom is 0.254 e. The Labute approximate surface area is 135 Å². The minimum atomic E-state index is -3.05. The zero-order valence-electron chi connectivity index (χ0n) is 12.8. The van der Waals surface area contributed by atoms with Crippen LogP contribution in [-0.2, 0) is 24.2 Å². The van der Waals surface area contributed by atoms with Gasteiger partial charge in [-0.1, -0.05) is 30.3 Å². The van der Waals surface area contributed by atoms with E-state index in [2.05, 4.69) is 10.6 Å². The molecule has 8 heteroatoms. The molecule has 0 saturated carbocycles. The van der Waals surface area contributed by atoms with Crippen LogP contribution in [0.15, 0.2) is 30.3 Å². The summed E-state index contributed by atoms with van der Waals surface area (Å²) in [6, 6.07) is 8.56. The van der Waals surface area contributed by atoms with Gasteiger partial charge in [-0.05, 0) is 12.0 Å². The summed E-state index contributed by atoms with van der Waals surface area (Å²) in [5, 5.41) is 5.11. The minimum Gasteiger partial charge on any atom is -0.367 e. The predicted octanol–water partition coefficient (Wildman–Crippen LogP) is -0.206. The monoisotopic (exact) mass is 340 g/mol. The van der Waals surface area contributed by atoms with Crippen molar-refractivity contribution in [3.05, 3.63) is 35.9 Å². The fraction of sp³-hybridized carbons (Fsp3) is 0.467. The SMILES string of the molecule is CO[C@@H](C(=O)NCC(=O)N[C@@H]1CCS(=O)(=O)C1)c1ccccc1. The predicted molar refractivity (Wildman–Crippen MR) is 84.4 cm³/mol. The quantitative estimate of drug-likeness (QED) is 0.746. The van der Waals surface area contributed by atoms with Crippen LogP contribution in [-0.4, -0.2) is 51.4 Å². The minimum absolute atomic E-state index is 0.0442. The van der Waals surface area contributed by atoms with E-state index >= 15 is 0 Å². The lowest BCUT2D eigenvalue weighted by molar-refractivity contribution is -0.133. The molecule has 1 aliphatic heterocycles. The van der Waals surface area contributed by atoms with Gasteiger partial charge < -0.3 is 15.4 Å². The highest BCUT2D eigenvalue weighted by Gasteiger charge is 2.29. The molecule has 2 atom stereocenters. The van der Waals surface area contributed by atoms with Crippen LogP contribution in [0.2, 0.25) is 0 Å². The van der Waals surface area contributed by atoms with Gasteiger partial charge in [0.2, 0.25) is 5.91 Å². The molecular formula is C15H20N2O5S. The molecule has 1 heterocycles. The van der Waals surface area contributed by atoms with Crippen LogP contribution < -0.4 is 10.6 Å². The van der Waals surface area contributed by atoms with E-state index in [1.54, 1.807) is 24.3 Å². The molecule has 7 nitrogen and oxygen atoms in total. The number of sulfone groups is 1. The molecule has 0 unspecified atom stereocenters. The molecule has 2 rings (SSSR count). The van der Waals surface area contributed by atoms with Crippen LogP contribution >= 0.6 is 0 Å². The largest absolute Gasteiger partial charge is 0.367 e. The first kappa shape index (κ1) is 17.4. The second-order valence-electron chi connectivity index (χ2n) is 5.41. The van der Waals surface area contributed by atoms with E-state index in [1.165, 1.54) is 7.11 Å². The second-order valence-corrected chi connectivity index (χ2v) is 7.64. The number of benzene rings is 1. The standard InChI is InChI=1S/C15H20N2O5S/c1-22-14(11-5-3-2-4-6-11)15(19)16-9-13(18)17-12-7-8-23(20,21)10-12/h2-6,12,14H,7-10H2,1H3,(H,16,19)(H,17,18)/t12-,14-/m1/s1. The summed E-state index contributed by atoms with van der Waals surface area (Å²) in [4.78, 5) is 23.9. The third-order valence-electron chi connectivity index (χ3n) is 3.60. The topological polar surface area (TPSA) is 102 Å². The van der Waals surface area contributed by atoms with Crippen LogP contribution in [0.25, 0.3) is 0 Å². The molecule has 0 aliphatic carbocycles. The van der Waals surface area contributed by atoms with Crippen LogP contribution in [0.4, 0.5) is 0 Å². The van der Waals surface area contributed by atoms with Gasteiger partial charge in [-0.15, -0.1) is 0 Å². The van der Waals surface area contributed by atoms with Crippen molar-refractivity contribution in [1.29, 1.82) is 0 Å². The number of amides is 2. The van der Waals surface area contributed by atoms with Gasteiger partial charge in [-0.25, -0.2) is 8.42 Å². The van der Waals surface area contributed by atoms with E-state index in [0.29, 0.717) is 12.0 Å². The lowest BCUT2D eigenvalue weighted by atomic mass is 10.1. The van der Waals surface area contributed by atoms with E-state index < -0.39 is 27.8 Å². The van der Waals surface area contributed by atoms with Crippen molar-refractivity contribution in [1.82, 2.24) is 10.6 Å². The van der Waals surface area contributed by atoms with Crippen molar-refractivity contribution < 1.29 is 22.7 Å². The molecule has 0 bridgehead atoms. The highest BCUT2D eigenvalue weighted by atomic mass is 32.2. The summed E-state index contributed by atoms with van der Waals surface area (Å²) in [6.07, 6.45) is -0.386. The van der Waals surface area contributed by atoms with Crippen molar-refractivity contribution in [3.8, 4) is 0 Å². The normalized spacial score (nSPS) is 20.7. The Morgan fingerprint density at radius 2 is 2.00 bits per heavy atom. The highest BCUT2D eigenvalue weighted by Crippen LogP contribution is 2.16. The van der Waals surface area contributed by atoms with E-state index in [4.69, 9.17) is 4.74 Å². The van der Waals surface area contributed by atoms with Gasteiger partial charge in [0, 0.05) is 13.2 Å². The van der Waals surface area contributed by atoms with Gasteiger partial charge in [0.15, 0.2) is 15.9 Å². The first-order valence-electron chi connectivity index (χ1n) is 7.26. The van der Waals surface area contributed by atoms with E-state index in [9.17, 15) is 18.0 Å². The van der Waals surface area contributed by atoms with E-state index in [0.717, 1.165) is 0 Å². The van der Waals surface area contributed by atoms with Crippen molar-refractivity contribution in [3.63, 3.8) is 0 Å². The fourth-order valence-electron chi connectivity index (χ4n) is 2.47. The molecular weight excluding hydrogens is 320 g/mol. The first-order chi connectivity index (χ1) is 10.9. The molecule has 2 amide bonds. The smallest absolute Gasteiger partial charge is 0.254 e. The summed E-state index contributed by atoms with van der Waals surface area (Å²) in [5.41, 5.74) is 0.690. The third kappa shape index (κ3) is 5.04. The molecule has 0 spiro atoms. The Balaban J connectivity index is 1.82. The average molecular weight is 340 g/mol. The Morgan fingerprint density at radius 3 is 2.57 bits per heavy atom. The number of carbonyl (C=O) groups excluding carboxylic acids is 2. The number of methoxy groups -OCH3 is 1. The van der Waals surface area contributed by atoms with Crippen molar-refractivity contribution in [2.24, 2.45) is 0 Å². The van der Waals surface area contributed by atoms with Crippen molar-refractivity contribution >= 4 is 21.7 Å². The summed E-state index contributed by atoms with van der Waals surface area (Å²) in [7, 11) is -1.63. The van der Waals surface area contributed by atoms with E-state index in [1.807, 2.05) is 6.07 Å². The Hall–Kier alpha value is -1.93. The number of hydrogen-bond donors (Lipinski definition) is 2. The van der Waals surface area contributed by atoms with Gasteiger partial charge in [0.25, 0.3) is 5.91 Å². The summed E-state index contributed by atoms with van der Waals surface area (Å²) in [6.45, 7) is -0.220. The zero-order chi connectivity index (χ0) is 16.9. The number of hydrogen-bond acceptors (Lipinski definition) is 5. The van der Waals surface area contributed by atoms with Crippen molar-refractivity contribution in [2.75, 3.05) is 25.2 Å². The summed E-state index contributed by atoms with van der Waals surface area (Å²) in [5.74, 6) is -0.794. The number of carbonyl (C=O) groups is 2. The number of nitrogens with one attached hydrogen (secondary N) is 2. The lowest BCUT2D eigenvalue weighted by Crippen LogP contribution is -2.43. The Morgan fingerprint density at radius 1 is 1.30 bits per heavy atom. The molecule has 126 valence electrons. The molecule has 1 saturated heterocycles. The Bertz CT molecular complexity index is 660. The summed E-state index contributed by atoms with van der Waals surface area (Å²) < 4.78 is 27.8. The molecule has 0 radical (unpaired) electrons. The van der Waals surface area contributed by atoms with Crippen LogP contribution in [0.3, 0.4) is 0 Å². The average Bonchev–Trinajstić information content (AvgIpc) is 2.86. The molecule has 1 fully saturated rings. The molecule has 0 aromatic heterocycles. The highest BCUT2D eigenvalue weighted by molar-refractivity contribution is 7.91. The van der Waals surface area contributed by atoms with Gasteiger partial charge in [-0.3, -0.25) is 9.59 Å². The van der Waals surface area contributed by atoms with E-state index in [-0.39, 0.29) is 24.1 Å². The Kier molecular flexibility index (Phi) is 5.73.